The molecule has 4 N–H and O–H groups in total. The van der Waals surface area contributed by atoms with Crippen LogP contribution in [0.25, 0.3) is 11.0 Å². The Hall–Kier alpha value is -3.21. The van der Waals surface area contributed by atoms with Crippen LogP contribution in [-0.4, -0.2) is 40.4 Å². The van der Waals surface area contributed by atoms with Gasteiger partial charge < -0.3 is 29.6 Å². The van der Waals surface area contributed by atoms with Crippen LogP contribution >= 0.6 is 11.9 Å². The van der Waals surface area contributed by atoms with Crippen LogP contribution in [0.15, 0.2) is 52.1 Å². The Morgan fingerprint density at radius 3 is 2.79 bits per heavy atom. The van der Waals surface area contributed by atoms with Crippen molar-refractivity contribution in [3.8, 4) is 11.5 Å². The van der Waals surface area contributed by atoms with Crippen molar-refractivity contribution in [1.29, 1.82) is 0 Å². The van der Waals surface area contributed by atoms with Crippen molar-refractivity contribution in [2.75, 3.05) is 25.0 Å². The van der Waals surface area contributed by atoms with Gasteiger partial charge in [-0.15, -0.1) is 0 Å². The van der Waals surface area contributed by atoms with E-state index >= 15 is 0 Å². The van der Waals surface area contributed by atoms with Crippen LogP contribution in [0.3, 0.4) is 0 Å². The Morgan fingerprint density at radius 1 is 1.18 bits per heavy atom. The number of anilines is 1. The number of nitrogens with one attached hydrogen (secondary N) is 1. The minimum Gasteiger partial charge on any atom is -0.496 e. The Kier molecular flexibility index (Phi) is 7.38. The molecule has 2 heterocycles. The molecule has 4 rings (SSSR count). The Morgan fingerprint density at radius 2 is 2.06 bits per heavy atom. The van der Waals surface area contributed by atoms with E-state index in [1.165, 1.54) is 17.5 Å². The smallest absolute Gasteiger partial charge is 0.191 e. The number of aliphatic hydroxyl groups excluding tert-OH is 1. The molecule has 0 aliphatic rings. The number of aromatic nitrogens is 3. The highest BCUT2D eigenvalue weighted by atomic mass is 32.2. The van der Waals surface area contributed by atoms with Crippen molar-refractivity contribution in [2.45, 2.75) is 31.3 Å². The zero-order chi connectivity index (χ0) is 23.2. The number of nitrogens with two attached hydrogens (primary N) is 1. The summed E-state index contributed by atoms with van der Waals surface area (Å²) >= 11 is 1.37. The van der Waals surface area contributed by atoms with Crippen molar-refractivity contribution >= 4 is 28.7 Å². The maximum atomic E-state index is 9.11. The first-order chi connectivity index (χ1) is 16.1. The van der Waals surface area contributed by atoms with Crippen LogP contribution in [0.4, 0.5) is 5.82 Å². The van der Waals surface area contributed by atoms with Gasteiger partial charge >= 0.3 is 0 Å². The number of nitrogens with zero attached hydrogens (tertiary/aromatic N) is 3. The summed E-state index contributed by atoms with van der Waals surface area (Å²) in [5, 5.41) is 18.4. The molecule has 4 aromatic rings. The SMILES string of the molecule is CCc1ccc(OCCO)c(SNc2noc3cc(Cn4cc(CN)cn4)cc(OC)c23)c1. The number of ether oxygens (including phenoxy) is 2. The van der Waals surface area contributed by atoms with Gasteiger partial charge in [-0.05, 0) is 53.8 Å². The zero-order valence-corrected chi connectivity index (χ0v) is 19.4. The molecule has 33 heavy (non-hydrogen) atoms. The second kappa shape index (κ2) is 10.6. The Balaban J connectivity index is 1.58. The van der Waals surface area contributed by atoms with E-state index in [9.17, 15) is 0 Å². The van der Waals surface area contributed by atoms with E-state index in [1.807, 2.05) is 35.1 Å². The van der Waals surface area contributed by atoms with Gasteiger partial charge in [-0.3, -0.25) is 4.68 Å². The average molecular weight is 470 g/mol. The van der Waals surface area contributed by atoms with Gasteiger partial charge in [0.25, 0.3) is 0 Å². The lowest BCUT2D eigenvalue weighted by molar-refractivity contribution is 0.198. The summed E-state index contributed by atoms with van der Waals surface area (Å²) in [6.07, 6.45) is 4.58. The molecule has 0 radical (unpaired) electrons. The molecule has 0 saturated heterocycles. The number of rotatable bonds is 11. The van der Waals surface area contributed by atoms with Gasteiger partial charge in [0.1, 0.15) is 23.5 Å². The van der Waals surface area contributed by atoms with Crippen molar-refractivity contribution in [3.63, 3.8) is 0 Å². The lowest BCUT2D eigenvalue weighted by Crippen LogP contribution is -2.03. The largest absolute Gasteiger partial charge is 0.496 e. The van der Waals surface area contributed by atoms with Crippen LogP contribution < -0.4 is 19.9 Å². The highest BCUT2D eigenvalue weighted by molar-refractivity contribution is 8.00. The lowest BCUT2D eigenvalue weighted by atomic mass is 10.1. The van der Waals surface area contributed by atoms with Crippen molar-refractivity contribution in [3.05, 3.63) is 59.4 Å². The number of hydrogen-bond donors (Lipinski definition) is 3. The zero-order valence-electron chi connectivity index (χ0n) is 18.6. The number of hydrogen-bond acceptors (Lipinski definition) is 9. The minimum atomic E-state index is -0.0490. The van der Waals surface area contributed by atoms with Gasteiger partial charge in [0.15, 0.2) is 11.4 Å². The summed E-state index contributed by atoms with van der Waals surface area (Å²) in [4.78, 5) is 0.893. The van der Waals surface area contributed by atoms with Crippen LogP contribution in [0.5, 0.6) is 11.5 Å². The first-order valence-electron chi connectivity index (χ1n) is 10.6. The van der Waals surface area contributed by atoms with Crippen LogP contribution in [0, 0.1) is 0 Å². The first kappa shape index (κ1) is 23.0. The molecule has 0 aliphatic heterocycles. The quantitative estimate of drug-likeness (QED) is 0.283. The van der Waals surface area contributed by atoms with E-state index in [0.717, 1.165) is 27.8 Å². The van der Waals surface area contributed by atoms with E-state index in [1.54, 1.807) is 13.3 Å². The maximum absolute atomic E-state index is 9.11. The maximum Gasteiger partial charge on any atom is 0.191 e. The summed E-state index contributed by atoms with van der Waals surface area (Å²) in [7, 11) is 1.62. The molecular weight excluding hydrogens is 442 g/mol. The van der Waals surface area contributed by atoms with Crippen LogP contribution in [0.2, 0.25) is 0 Å². The van der Waals surface area contributed by atoms with Gasteiger partial charge in [-0.2, -0.15) is 5.10 Å². The molecule has 0 aliphatic carbocycles. The van der Waals surface area contributed by atoms with E-state index in [2.05, 4.69) is 28.0 Å². The number of benzene rings is 2. The number of fused-ring (bicyclic) bond motifs is 1. The second-order valence-corrected chi connectivity index (χ2v) is 8.21. The van der Waals surface area contributed by atoms with E-state index < -0.39 is 0 Å². The Bertz CT molecular complexity index is 1220. The molecular formula is C23H27N5O4S. The fourth-order valence-corrected chi connectivity index (χ4v) is 4.21. The van der Waals surface area contributed by atoms with Gasteiger partial charge in [0, 0.05) is 18.3 Å². The normalized spacial score (nSPS) is 11.2. The summed E-state index contributed by atoms with van der Waals surface area (Å²) in [6, 6.07) is 9.87. The standard InChI is InChI=1S/C23H27N5O4S/c1-3-15-4-5-18(31-7-6-29)21(10-15)33-27-23-22-19(30-2)8-16(9-20(22)32-26-23)13-28-14-17(11-24)12-25-28/h4-5,8-10,12,14,29H,3,6-7,11,13,24H2,1-2H3,(H,26,27). The fraction of sp³-hybridized carbons (Fsp3) is 0.304. The third-order valence-electron chi connectivity index (χ3n) is 5.11. The molecule has 2 aromatic carbocycles. The van der Waals surface area contributed by atoms with Gasteiger partial charge in [-0.25, -0.2) is 0 Å². The van der Waals surface area contributed by atoms with Gasteiger partial charge in [0.2, 0.25) is 0 Å². The van der Waals surface area contributed by atoms with Crippen molar-refractivity contribution < 1.29 is 19.1 Å². The van der Waals surface area contributed by atoms with Gasteiger partial charge in [0.05, 0.1) is 31.4 Å². The molecule has 0 unspecified atom stereocenters. The number of aryl methyl sites for hydroxylation is 1. The van der Waals surface area contributed by atoms with E-state index in [0.29, 0.717) is 36.0 Å². The minimum absolute atomic E-state index is 0.0490. The third-order valence-corrected chi connectivity index (χ3v) is 5.94. The molecule has 0 bridgehead atoms. The summed E-state index contributed by atoms with van der Waals surface area (Å²) in [5.41, 5.74) is 9.41. The average Bonchev–Trinajstić information content (AvgIpc) is 3.47. The topological polar surface area (TPSA) is 121 Å². The van der Waals surface area contributed by atoms with Crippen LogP contribution in [-0.2, 0) is 19.5 Å². The van der Waals surface area contributed by atoms with Crippen LogP contribution in [0.1, 0.15) is 23.6 Å². The number of methoxy groups -OCH3 is 1. The lowest BCUT2D eigenvalue weighted by Gasteiger charge is -2.12. The fourth-order valence-electron chi connectivity index (χ4n) is 3.43. The molecule has 0 fully saturated rings. The van der Waals surface area contributed by atoms with E-state index in [4.69, 9.17) is 24.8 Å². The highest BCUT2D eigenvalue weighted by Gasteiger charge is 2.17. The highest BCUT2D eigenvalue weighted by Crippen LogP contribution is 2.37. The molecule has 0 saturated carbocycles. The predicted molar refractivity (Wildman–Crippen MR) is 128 cm³/mol. The predicted octanol–water partition coefficient (Wildman–Crippen LogP) is 3.59. The van der Waals surface area contributed by atoms with E-state index in [-0.39, 0.29) is 13.2 Å². The molecule has 9 nitrogen and oxygen atoms in total. The molecule has 0 atom stereocenters. The number of aliphatic hydroxyl groups is 1. The second-order valence-electron chi connectivity index (χ2n) is 7.36. The van der Waals surface area contributed by atoms with Gasteiger partial charge in [-0.1, -0.05) is 18.1 Å². The summed E-state index contributed by atoms with van der Waals surface area (Å²) in [6.45, 7) is 3.28. The van der Waals surface area contributed by atoms with Crippen molar-refractivity contribution in [2.24, 2.45) is 5.73 Å². The molecule has 2 aromatic heterocycles. The summed E-state index contributed by atoms with van der Waals surface area (Å²) < 4.78 is 22.0. The molecule has 10 heteroatoms. The molecule has 0 spiro atoms. The summed E-state index contributed by atoms with van der Waals surface area (Å²) in [5.74, 6) is 1.90. The monoisotopic (exact) mass is 469 g/mol. The van der Waals surface area contributed by atoms with Crippen molar-refractivity contribution in [1.82, 2.24) is 14.9 Å². The first-order valence-corrected chi connectivity index (χ1v) is 11.4. The molecule has 0 amide bonds. The Labute approximate surface area is 196 Å². The molecule has 174 valence electrons. The third kappa shape index (κ3) is 5.24.